The van der Waals surface area contributed by atoms with E-state index in [-0.39, 0.29) is 5.91 Å². The topological polar surface area (TPSA) is 42.0 Å². The van der Waals surface area contributed by atoms with E-state index in [9.17, 15) is 4.79 Å². The molecule has 0 bridgehead atoms. The molecule has 3 nitrogen and oxygen atoms in total. The number of rotatable bonds is 4. The minimum Gasteiger partial charge on any atom is -0.298 e. The lowest BCUT2D eigenvalue weighted by molar-refractivity contribution is -0.111. The maximum atomic E-state index is 11.7. The molecule has 0 atom stereocenters. The zero-order chi connectivity index (χ0) is 13.0. The highest BCUT2D eigenvalue weighted by Crippen LogP contribution is 2.21. The highest BCUT2D eigenvalue weighted by Gasteiger charge is 2.06. The number of carbonyl (C=O) groups is 1. The Hall–Kier alpha value is -1.46. The number of thiophene rings is 1. The minimum atomic E-state index is -0.145. The van der Waals surface area contributed by atoms with Crippen molar-refractivity contribution in [2.75, 3.05) is 5.32 Å². The van der Waals surface area contributed by atoms with Gasteiger partial charge in [-0.05, 0) is 23.4 Å². The summed E-state index contributed by atoms with van der Waals surface area (Å²) in [7, 11) is 0. The van der Waals surface area contributed by atoms with Crippen molar-refractivity contribution in [3.05, 3.63) is 39.5 Å². The zero-order valence-corrected chi connectivity index (χ0v) is 11.8. The van der Waals surface area contributed by atoms with Crippen molar-refractivity contribution in [2.45, 2.75) is 19.8 Å². The molecule has 0 spiro atoms. The van der Waals surface area contributed by atoms with Crippen molar-refractivity contribution in [1.82, 2.24) is 4.98 Å². The molecule has 18 heavy (non-hydrogen) atoms. The van der Waals surface area contributed by atoms with E-state index in [0.29, 0.717) is 11.0 Å². The molecule has 1 N–H and O–H groups in total. The van der Waals surface area contributed by atoms with Crippen LogP contribution in [0.5, 0.6) is 0 Å². The van der Waals surface area contributed by atoms with Gasteiger partial charge in [0.2, 0.25) is 5.91 Å². The van der Waals surface area contributed by atoms with Crippen LogP contribution >= 0.6 is 22.7 Å². The summed E-state index contributed by atoms with van der Waals surface area (Å²) in [5.41, 5.74) is 1.01. The molecule has 0 saturated heterocycles. The molecular formula is C13H14N2OS2. The first kappa shape index (κ1) is 13.0. The molecule has 5 heteroatoms. The van der Waals surface area contributed by atoms with Gasteiger partial charge in [-0.25, -0.2) is 4.98 Å². The maximum absolute atomic E-state index is 11.7. The van der Waals surface area contributed by atoms with E-state index >= 15 is 0 Å². The first-order valence-electron chi connectivity index (χ1n) is 5.63. The smallest absolute Gasteiger partial charge is 0.250 e. The van der Waals surface area contributed by atoms with Crippen molar-refractivity contribution in [3.63, 3.8) is 0 Å². The molecule has 0 unspecified atom stereocenters. The standard InChI is InChI=1S/C13H14N2OS2/c1-9(2)11-8-18-13(14-11)15-12(16)6-5-10-4-3-7-17-10/h3-9H,1-2H3,(H,14,15,16)/b6-5+. The Kier molecular flexibility index (Phi) is 4.28. The molecule has 0 aliphatic carbocycles. The second-order valence-electron chi connectivity index (χ2n) is 4.07. The molecule has 2 aromatic heterocycles. The second kappa shape index (κ2) is 5.93. The van der Waals surface area contributed by atoms with Crippen LogP contribution < -0.4 is 5.32 Å². The Morgan fingerprint density at radius 1 is 1.44 bits per heavy atom. The summed E-state index contributed by atoms with van der Waals surface area (Å²) in [6, 6.07) is 3.92. The SMILES string of the molecule is CC(C)c1csc(NC(=O)/C=C/c2cccs2)n1. The normalized spacial score (nSPS) is 11.3. The fraction of sp³-hybridized carbons (Fsp3) is 0.231. The van der Waals surface area contributed by atoms with Gasteiger partial charge in [-0.15, -0.1) is 22.7 Å². The van der Waals surface area contributed by atoms with Crippen LogP contribution in [-0.4, -0.2) is 10.9 Å². The highest BCUT2D eigenvalue weighted by atomic mass is 32.1. The van der Waals surface area contributed by atoms with Crippen LogP contribution in [0, 0.1) is 0 Å². The van der Waals surface area contributed by atoms with Gasteiger partial charge in [0.05, 0.1) is 5.69 Å². The average Bonchev–Trinajstić information content (AvgIpc) is 2.96. The molecule has 94 valence electrons. The molecule has 0 fully saturated rings. The Labute approximate surface area is 114 Å². The fourth-order valence-corrected chi connectivity index (χ4v) is 2.79. The molecule has 0 radical (unpaired) electrons. The molecule has 0 aliphatic heterocycles. The predicted molar refractivity (Wildman–Crippen MR) is 78.2 cm³/mol. The van der Waals surface area contributed by atoms with E-state index in [4.69, 9.17) is 0 Å². The van der Waals surface area contributed by atoms with Crippen LogP contribution in [0.25, 0.3) is 6.08 Å². The number of nitrogens with one attached hydrogen (secondary N) is 1. The van der Waals surface area contributed by atoms with Gasteiger partial charge in [0, 0.05) is 16.3 Å². The molecular weight excluding hydrogens is 264 g/mol. The lowest BCUT2D eigenvalue weighted by Gasteiger charge is -1.98. The molecule has 2 aromatic rings. The summed E-state index contributed by atoms with van der Waals surface area (Å²) in [5, 5.41) is 7.37. The van der Waals surface area contributed by atoms with Gasteiger partial charge >= 0.3 is 0 Å². The summed E-state index contributed by atoms with van der Waals surface area (Å²) in [6.45, 7) is 4.16. The summed E-state index contributed by atoms with van der Waals surface area (Å²) in [6.07, 6.45) is 3.33. The van der Waals surface area contributed by atoms with E-state index in [1.54, 1.807) is 17.4 Å². The van der Waals surface area contributed by atoms with Gasteiger partial charge in [0.25, 0.3) is 0 Å². The van der Waals surface area contributed by atoms with Gasteiger partial charge in [-0.2, -0.15) is 0 Å². The monoisotopic (exact) mass is 278 g/mol. The van der Waals surface area contributed by atoms with Gasteiger partial charge in [-0.1, -0.05) is 19.9 Å². The Morgan fingerprint density at radius 2 is 2.28 bits per heavy atom. The molecule has 0 saturated carbocycles. The van der Waals surface area contributed by atoms with Crippen molar-refractivity contribution in [1.29, 1.82) is 0 Å². The first-order chi connectivity index (χ1) is 8.65. The van der Waals surface area contributed by atoms with Crippen LogP contribution in [0.1, 0.15) is 30.3 Å². The lowest BCUT2D eigenvalue weighted by atomic mass is 10.2. The number of nitrogens with zero attached hydrogens (tertiary/aromatic N) is 1. The zero-order valence-electron chi connectivity index (χ0n) is 10.2. The number of thiazole rings is 1. The summed E-state index contributed by atoms with van der Waals surface area (Å²) < 4.78 is 0. The number of amides is 1. The van der Waals surface area contributed by atoms with Crippen LogP contribution in [0.2, 0.25) is 0 Å². The molecule has 0 aromatic carbocycles. The third kappa shape index (κ3) is 3.51. The van der Waals surface area contributed by atoms with Crippen molar-refractivity contribution >= 4 is 39.8 Å². The van der Waals surface area contributed by atoms with E-state index in [0.717, 1.165) is 10.6 Å². The third-order valence-electron chi connectivity index (χ3n) is 2.29. The van der Waals surface area contributed by atoms with Crippen molar-refractivity contribution in [2.24, 2.45) is 0 Å². The Bertz CT molecular complexity index is 541. The van der Waals surface area contributed by atoms with Crippen LogP contribution in [0.3, 0.4) is 0 Å². The fourth-order valence-electron chi connectivity index (χ4n) is 1.30. The van der Waals surface area contributed by atoms with Crippen LogP contribution in [0.4, 0.5) is 5.13 Å². The molecule has 2 heterocycles. The van der Waals surface area contributed by atoms with E-state index in [1.807, 2.05) is 22.9 Å². The number of carbonyl (C=O) groups excluding carboxylic acids is 1. The van der Waals surface area contributed by atoms with Gasteiger partial charge in [0.15, 0.2) is 5.13 Å². The van der Waals surface area contributed by atoms with Gasteiger partial charge < -0.3 is 0 Å². The first-order valence-corrected chi connectivity index (χ1v) is 7.39. The average molecular weight is 278 g/mol. The van der Waals surface area contributed by atoms with Crippen molar-refractivity contribution in [3.8, 4) is 0 Å². The number of aromatic nitrogens is 1. The quantitative estimate of drug-likeness (QED) is 0.859. The van der Waals surface area contributed by atoms with Crippen LogP contribution in [-0.2, 0) is 4.79 Å². The summed E-state index contributed by atoms with van der Waals surface area (Å²) >= 11 is 3.05. The largest absolute Gasteiger partial charge is 0.298 e. The summed E-state index contributed by atoms with van der Waals surface area (Å²) in [5.74, 6) is 0.238. The maximum Gasteiger partial charge on any atom is 0.250 e. The van der Waals surface area contributed by atoms with E-state index in [1.165, 1.54) is 17.4 Å². The number of hydrogen-bond donors (Lipinski definition) is 1. The van der Waals surface area contributed by atoms with E-state index in [2.05, 4.69) is 24.1 Å². The molecule has 2 rings (SSSR count). The summed E-state index contributed by atoms with van der Waals surface area (Å²) in [4.78, 5) is 17.1. The van der Waals surface area contributed by atoms with Gasteiger partial charge in [0.1, 0.15) is 0 Å². The Balaban J connectivity index is 1.94. The highest BCUT2D eigenvalue weighted by molar-refractivity contribution is 7.14. The van der Waals surface area contributed by atoms with Crippen molar-refractivity contribution < 1.29 is 4.79 Å². The predicted octanol–water partition coefficient (Wildman–Crippen LogP) is 3.98. The third-order valence-corrected chi connectivity index (χ3v) is 3.90. The molecule has 1 amide bonds. The van der Waals surface area contributed by atoms with Gasteiger partial charge in [-0.3, -0.25) is 10.1 Å². The second-order valence-corrected chi connectivity index (χ2v) is 5.91. The van der Waals surface area contributed by atoms with Crippen LogP contribution in [0.15, 0.2) is 29.0 Å². The Morgan fingerprint density at radius 3 is 2.89 bits per heavy atom. The number of hydrogen-bond acceptors (Lipinski definition) is 4. The number of anilines is 1. The minimum absolute atomic E-state index is 0.145. The van der Waals surface area contributed by atoms with E-state index < -0.39 is 0 Å². The molecule has 0 aliphatic rings. The lowest BCUT2D eigenvalue weighted by Crippen LogP contribution is -2.07.